The van der Waals surface area contributed by atoms with E-state index in [2.05, 4.69) is 149 Å². The zero-order valence-corrected chi connectivity index (χ0v) is 32.5. The lowest BCUT2D eigenvalue weighted by molar-refractivity contribution is 0.332. The Morgan fingerprint density at radius 2 is 1.31 bits per heavy atom. The highest BCUT2D eigenvalue weighted by Gasteiger charge is 2.40. The van der Waals surface area contributed by atoms with Gasteiger partial charge in [0, 0.05) is 43.9 Å². The molecule has 11 rings (SSSR count). The van der Waals surface area contributed by atoms with E-state index in [1.807, 2.05) is 36.0 Å². The van der Waals surface area contributed by atoms with E-state index in [0.717, 1.165) is 46.2 Å². The van der Waals surface area contributed by atoms with Crippen LogP contribution in [-0.4, -0.2) is 7.28 Å². The maximum Gasteiger partial charge on any atom is 0.198 e. The average molecular weight is 732 g/mol. The number of ether oxygens (including phenoxy) is 2. The SMILES string of the molecule is Cc1cc2c(cc1N1c3cc4c(cc3[B]c3c(-c5cccc6c5Nc5ccccc5S6)cc5ccccc5c31)Oc1ccccc1O4)C(C)(C)CCC2(C)C. The molecule has 0 bridgehead atoms. The van der Waals surface area contributed by atoms with Gasteiger partial charge in [0.25, 0.3) is 0 Å². The van der Waals surface area contributed by atoms with Crippen molar-refractivity contribution in [2.24, 2.45) is 0 Å². The van der Waals surface area contributed by atoms with Crippen molar-refractivity contribution in [3.63, 3.8) is 0 Å². The number of rotatable bonds is 2. The van der Waals surface area contributed by atoms with Crippen LogP contribution in [-0.2, 0) is 10.8 Å². The summed E-state index contributed by atoms with van der Waals surface area (Å²) in [6, 6.07) is 43.8. The van der Waals surface area contributed by atoms with E-state index in [0.29, 0.717) is 5.75 Å². The van der Waals surface area contributed by atoms with Gasteiger partial charge >= 0.3 is 0 Å². The standard InChI is InChI=1S/C49H40BN2O2S/c1-28-23-33-34(49(4,5)22-21-48(33,2)3)25-37(28)52-38-27-42-41(53-39-17-9-10-18-40(39)54-42)26-35(38)50-45-32(24-29-13-6-7-14-30(29)47(45)52)31-15-12-20-44-46(31)51-36-16-8-11-19-43(36)55-44/h6-20,23-27,51H,21-22H2,1-5H3. The summed E-state index contributed by atoms with van der Waals surface area (Å²) in [5, 5.41) is 6.25. The zero-order valence-electron chi connectivity index (χ0n) is 31.7. The lowest BCUT2D eigenvalue weighted by atomic mass is 9.57. The molecule has 3 heterocycles. The monoisotopic (exact) mass is 731 g/mol. The van der Waals surface area contributed by atoms with Crippen molar-refractivity contribution in [1.29, 1.82) is 0 Å². The first-order chi connectivity index (χ1) is 26.6. The van der Waals surface area contributed by atoms with Crippen molar-refractivity contribution in [1.82, 2.24) is 0 Å². The molecule has 7 aromatic rings. The van der Waals surface area contributed by atoms with E-state index >= 15 is 0 Å². The fourth-order valence-electron chi connectivity index (χ4n) is 9.20. The summed E-state index contributed by atoms with van der Waals surface area (Å²) in [7, 11) is 2.37. The van der Waals surface area contributed by atoms with Gasteiger partial charge in [0.2, 0.25) is 0 Å². The molecule has 1 N–H and O–H groups in total. The van der Waals surface area contributed by atoms with Gasteiger partial charge in [-0.3, -0.25) is 0 Å². The fourth-order valence-corrected chi connectivity index (χ4v) is 10.2. The van der Waals surface area contributed by atoms with Crippen LogP contribution < -0.4 is 30.6 Å². The Kier molecular flexibility index (Phi) is 6.99. The summed E-state index contributed by atoms with van der Waals surface area (Å²) in [6.07, 6.45) is 2.32. The van der Waals surface area contributed by atoms with Gasteiger partial charge in [0.05, 0.1) is 11.4 Å². The third-order valence-corrected chi connectivity index (χ3v) is 13.4. The number of fused-ring (bicyclic) bond motifs is 9. The van der Waals surface area contributed by atoms with Gasteiger partial charge in [-0.2, -0.15) is 0 Å². The first-order valence-corrected chi connectivity index (χ1v) is 20.1. The molecule has 0 spiro atoms. The molecular weight excluding hydrogens is 691 g/mol. The van der Waals surface area contributed by atoms with Crippen LogP contribution in [0.25, 0.3) is 21.9 Å². The van der Waals surface area contributed by atoms with Gasteiger partial charge < -0.3 is 19.7 Å². The summed E-state index contributed by atoms with van der Waals surface area (Å²) in [5.74, 6) is 2.89. The molecule has 0 saturated heterocycles. The van der Waals surface area contributed by atoms with Crippen LogP contribution >= 0.6 is 11.8 Å². The lowest BCUT2D eigenvalue weighted by Crippen LogP contribution is -2.42. The largest absolute Gasteiger partial charge is 0.450 e. The number of para-hydroxylation sites is 4. The molecule has 0 atom stereocenters. The Balaban J connectivity index is 1.20. The molecule has 3 aliphatic heterocycles. The molecular formula is C49H40BN2O2S. The van der Waals surface area contributed by atoms with Gasteiger partial charge in [-0.15, -0.1) is 0 Å². The molecule has 1 radical (unpaired) electrons. The first-order valence-electron chi connectivity index (χ1n) is 19.3. The third kappa shape index (κ3) is 5.00. The van der Waals surface area contributed by atoms with Gasteiger partial charge in [-0.1, -0.05) is 112 Å². The minimum absolute atomic E-state index is 0.0457. The van der Waals surface area contributed by atoms with Crippen LogP contribution in [0, 0.1) is 6.92 Å². The summed E-state index contributed by atoms with van der Waals surface area (Å²) in [6.45, 7) is 11.9. The van der Waals surface area contributed by atoms with Crippen molar-refractivity contribution in [3.05, 3.63) is 138 Å². The topological polar surface area (TPSA) is 33.7 Å². The van der Waals surface area contributed by atoms with Crippen LogP contribution in [0.4, 0.5) is 28.4 Å². The second kappa shape index (κ2) is 11.7. The van der Waals surface area contributed by atoms with E-state index in [9.17, 15) is 0 Å². The first kappa shape index (κ1) is 32.8. The second-order valence-electron chi connectivity index (χ2n) is 16.7. The van der Waals surface area contributed by atoms with Gasteiger partial charge in [0.1, 0.15) is 0 Å². The Morgan fingerprint density at radius 1 is 0.636 bits per heavy atom. The highest BCUT2D eigenvalue weighted by atomic mass is 32.2. The molecule has 0 fully saturated rings. The fraction of sp³-hybridized carbons (Fsp3) is 0.184. The molecule has 0 saturated carbocycles. The number of nitrogens with one attached hydrogen (secondary N) is 1. The quantitative estimate of drug-likeness (QED) is 0.179. The van der Waals surface area contributed by atoms with Crippen molar-refractivity contribution < 1.29 is 9.47 Å². The number of hydrogen-bond acceptors (Lipinski definition) is 5. The van der Waals surface area contributed by atoms with Crippen molar-refractivity contribution in [2.45, 2.75) is 68.1 Å². The Hall–Kier alpha value is -5.59. The molecule has 4 aliphatic rings. The van der Waals surface area contributed by atoms with E-state index in [-0.39, 0.29) is 10.8 Å². The van der Waals surface area contributed by atoms with E-state index in [1.165, 1.54) is 71.6 Å². The number of hydrogen-bond donors (Lipinski definition) is 1. The number of nitrogens with zero attached hydrogens (tertiary/aromatic N) is 1. The van der Waals surface area contributed by atoms with Crippen LogP contribution in [0.15, 0.2) is 131 Å². The summed E-state index contributed by atoms with van der Waals surface area (Å²) < 4.78 is 13.1. The molecule has 0 amide bonds. The predicted molar refractivity (Wildman–Crippen MR) is 230 cm³/mol. The van der Waals surface area contributed by atoms with E-state index < -0.39 is 0 Å². The van der Waals surface area contributed by atoms with E-state index in [4.69, 9.17) is 9.47 Å². The lowest BCUT2D eigenvalue weighted by Gasteiger charge is -2.44. The van der Waals surface area contributed by atoms with Crippen LogP contribution in [0.2, 0.25) is 0 Å². The molecule has 267 valence electrons. The highest BCUT2D eigenvalue weighted by molar-refractivity contribution is 7.99. The van der Waals surface area contributed by atoms with Crippen molar-refractivity contribution in [3.8, 4) is 34.1 Å². The highest BCUT2D eigenvalue weighted by Crippen LogP contribution is 2.54. The number of aryl methyl sites for hydroxylation is 1. The number of anilines is 5. The predicted octanol–water partition coefficient (Wildman–Crippen LogP) is 12.7. The summed E-state index contributed by atoms with van der Waals surface area (Å²) in [4.78, 5) is 4.99. The maximum absolute atomic E-state index is 6.59. The van der Waals surface area contributed by atoms with Gasteiger partial charge in [-0.05, 0) is 112 Å². The third-order valence-electron chi connectivity index (χ3n) is 12.3. The molecule has 55 heavy (non-hydrogen) atoms. The Morgan fingerprint density at radius 3 is 2.11 bits per heavy atom. The molecule has 4 nitrogen and oxygen atoms in total. The van der Waals surface area contributed by atoms with Crippen LogP contribution in [0.1, 0.15) is 57.2 Å². The zero-order chi connectivity index (χ0) is 37.2. The van der Waals surface area contributed by atoms with Gasteiger partial charge in [-0.25, -0.2) is 0 Å². The molecule has 0 aromatic heterocycles. The van der Waals surface area contributed by atoms with Crippen LogP contribution in [0.3, 0.4) is 0 Å². The smallest absolute Gasteiger partial charge is 0.198 e. The van der Waals surface area contributed by atoms with Crippen molar-refractivity contribution in [2.75, 3.05) is 10.2 Å². The number of benzene rings is 7. The van der Waals surface area contributed by atoms with Gasteiger partial charge in [0.15, 0.2) is 30.3 Å². The van der Waals surface area contributed by atoms with Crippen molar-refractivity contribution >= 4 is 69.2 Å². The molecule has 6 heteroatoms. The normalized spacial score (nSPS) is 16.3. The molecule has 1 aliphatic carbocycles. The summed E-state index contributed by atoms with van der Waals surface area (Å²) in [5.41, 5.74) is 14.7. The average Bonchev–Trinajstić information content (AvgIpc) is 3.19. The minimum atomic E-state index is 0.0457. The Labute approximate surface area is 327 Å². The Bertz CT molecular complexity index is 2790. The molecule has 7 aromatic carbocycles. The maximum atomic E-state index is 6.59. The van der Waals surface area contributed by atoms with Crippen LogP contribution in [0.5, 0.6) is 23.0 Å². The van der Waals surface area contributed by atoms with E-state index in [1.54, 1.807) is 0 Å². The minimum Gasteiger partial charge on any atom is -0.450 e. The second-order valence-corrected chi connectivity index (χ2v) is 17.8. The summed E-state index contributed by atoms with van der Waals surface area (Å²) >= 11 is 1.83. The molecule has 0 unspecified atom stereocenters.